The van der Waals surface area contributed by atoms with Crippen molar-refractivity contribution in [1.29, 1.82) is 0 Å². The quantitative estimate of drug-likeness (QED) is 0.801. The molecule has 0 radical (unpaired) electrons. The van der Waals surface area contributed by atoms with Gasteiger partial charge in [-0.1, -0.05) is 37.0 Å². The molecule has 0 aliphatic carbocycles. The summed E-state index contributed by atoms with van der Waals surface area (Å²) in [5.41, 5.74) is 2.12. The molecule has 3 nitrogen and oxygen atoms in total. The van der Waals surface area contributed by atoms with Gasteiger partial charge in [-0.15, -0.1) is 12.4 Å². The lowest BCUT2D eigenvalue weighted by Crippen LogP contribution is -2.19. The largest absolute Gasteiger partial charge is 0.454 e. The Kier molecular flexibility index (Phi) is 4.57. The molecule has 3 rings (SSSR count). The average Bonchev–Trinajstić information content (AvgIpc) is 2.69. The lowest BCUT2D eigenvalue weighted by molar-refractivity contribution is 0.479. The third kappa shape index (κ3) is 3.20. The van der Waals surface area contributed by atoms with Crippen LogP contribution in [0.3, 0.4) is 0 Å². The van der Waals surface area contributed by atoms with Crippen molar-refractivity contribution in [3.8, 4) is 11.5 Å². The molecule has 112 valence electrons. The van der Waals surface area contributed by atoms with Crippen LogP contribution in [0.2, 0.25) is 10.0 Å². The molecule has 0 spiro atoms. The van der Waals surface area contributed by atoms with Crippen molar-refractivity contribution >= 4 is 41.3 Å². The smallest absolute Gasteiger partial charge is 0.147 e. The zero-order valence-electron chi connectivity index (χ0n) is 11.6. The summed E-state index contributed by atoms with van der Waals surface area (Å²) >= 11 is 12.0. The number of aromatic nitrogens is 1. The number of pyridine rings is 1. The Hall–Kier alpha value is -1.16. The highest BCUT2D eigenvalue weighted by Crippen LogP contribution is 2.38. The van der Waals surface area contributed by atoms with Crippen molar-refractivity contribution in [3.05, 3.63) is 46.2 Å². The second kappa shape index (κ2) is 5.91. The van der Waals surface area contributed by atoms with Gasteiger partial charge in [-0.25, -0.2) is 0 Å². The van der Waals surface area contributed by atoms with Gasteiger partial charge in [0, 0.05) is 23.0 Å². The van der Waals surface area contributed by atoms with Gasteiger partial charge in [0.2, 0.25) is 0 Å². The highest BCUT2D eigenvalue weighted by atomic mass is 35.5. The molecule has 1 aromatic carbocycles. The number of benzene rings is 1. The predicted octanol–water partition coefficient (Wildman–Crippen LogP) is 5.31. The summed E-state index contributed by atoms with van der Waals surface area (Å²) in [6.07, 6.45) is 1.72. The highest BCUT2D eigenvalue weighted by molar-refractivity contribution is 6.35. The third-order valence-corrected chi connectivity index (χ3v) is 3.88. The molecule has 0 amide bonds. The van der Waals surface area contributed by atoms with Crippen LogP contribution in [0.5, 0.6) is 11.5 Å². The molecule has 2 aromatic rings. The number of nitrogens with zero attached hydrogens (tertiary/aromatic N) is 1. The average molecular weight is 346 g/mol. The molecule has 0 fully saturated rings. The fourth-order valence-electron chi connectivity index (χ4n) is 2.26. The summed E-state index contributed by atoms with van der Waals surface area (Å²) in [5, 5.41) is 4.40. The summed E-state index contributed by atoms with van der Waals surface area (Å²) in [4.78, 5) is 4.50. The van der Waals surface area contributed by atoms with Crippen LogP contribution in [-0.4, -0.2) is 11.5 Å². The third-order valence-electron chi connectivity index (χ3n) is 3.35. The number of halogens is 3. The standard InChI is InChI=1S/C15H14Cl2N2O.ClH/c1-15(2)8-19-12-6-10(7-18-14(12)15)20-13-4-3-9(16)5-11(13)17;/h3-7,19H,8H2,1-2H3;1H. The van der Waals surface area contributed by atoms with Crippen molar-refractivity contribution < 1.29 is 4.74 Å². The lowest BCUT2D eigenvalue weighted by Gasteiger charge is -2.15. The Balaban J connectivity index is 0.00000161. The minimum Gasteiger partial charge on any atom is -0.454 e. The number of nitrogens with one attached hydrogen (secondary N) is 1. The first kappa shape index (κ1) is 16.2. The lowest BCUT2D eigenvalue weighted by atomic mass is 9.91. The van der Waals surface area contributed by atoms with E-state index in [-0.39, 0.29) is 17.8 Å². The number of rotatable bonds is 2. The molecule has 1 N–H and O–H groups in total. The summed E-state index contributed by atoms with van der Waals surface area (Å²) in [7, 11) is 0. The van der Waals surface area contributed by atoms with Crippen molar-refractivity contribution in [1.82, 2.24) is 4.98 Å². The SMILES string of the molecule is CC1(C)CNc2cc(Oc3ccc(Cl)cc3Cl)cnc21.Cl. The van der Waals surface area contributed by atoms with Gasteiger partial charge < -0.3 is 10.1 Å². The molecule has 6 heteroatoms. The normalized spacial score (nSPS) is 14.9. The van der Waals surface area contributed by atoms with Gasteiger partial charge in [0.25, 0.3) is 0 Å². The Bertz CT molecular complexity index is 674. The zero-order chi connectivity index (χ0) is 14.3. The van der Waals surface area contributed by atoms with Crippen LogP contribution < -0.4 is 10.1 Å². The van der Waals surface area contributed by atoms with E-state index in [4.69, 9.17) is 27.9 Å². The zero-order valence-corrected chi connectivity index (χ0v) is 13.9. The first-order chi connectivity index (χ1) is 9.45. The fraction of sp³-hybridized carbons (Fsp3) is 0.267. The molecule has 0 saturated heterocycles. The maximum Gasteiger partial charge on any atom is 0.147 e. The maximum atomic E-state index is 6.10. The van der Waals surface area contributed by atoms with Crippen LogP contribution in [-0.2, 0) is 5.41 Å². The highest BCUT2D eigenvalue weighted by Gasteiger charge is 2.31. The molecule has 0 unspecified atom stereocenters. The second-order valence-corrected chi connectivity index (χ2v) is 6.33. The van der Waals surface area contributed by atoms with Crippen LogP contribution in [0.25, 0.3) is 0 Å². The van der Waals surface area contributed by atoms with Gasteiger partial charge in [-0.2, -0.15) is 0 Å². The van der Waals surface area contributed by atoms with E-state index >= 15 is 0 Å². The Labute approximate surface area is 140 Å². The molecule has 0 saturated carbocycles. The number of fused-ring (bicyclic) bond motifs is 1. The topological polar surface area (TPSA) is 34.1 Å². The van der Waals surface area contributed by atoms with Crippen molar-refractivity contribution in [2.45, 2.75) is 19.3 Å². The summed E-state index contributed by atoms with van der Waals surface area (Å²) < 4.78 is 5.76. The van der Waals surface area contributed by atoms with E-state index in [1.807, 2.05) is 6.07 Å². The number of ether oxygens (including phenoxy) is 1. The van der Waals surface area contributed by atoms with Crippen molar-refractivity contribution in [2.24, 2.45) is 0 Å². The van der Waals surface area contributed by atoms with E-state index < -0.39 is 0 Å². The van der Waals surface area contributed by atoms with E-state index in [0.717, 1.165) is 17.9 Å². The van der Waals surface area contributed by atoms with E-state index in [2.05, 4.69) is 24.1 Å². The summed E-state index contributed by atoms with van der Waals surface area (Å²) in [6, 6.07) is 7.09. The Morgan fingerprint density at radius 1 is 1.24 bits per heavy atom. The van der Waals surface area contributed by atoms with Gasteiger partial charge in [0.15, 0.2) is 0 Å². The molecular weight excluding hydrogens is 331 g/mol. The van der Waals surface area contributed by atoms with Gasteiger partial charge in [0.1, 0.15) is 11.5 Å². The van der Waals surface area contributed by atoms with Gasteiger partial charge >= 0.3 is 0 Å². The van der Waals surface area contributed by atoms with Gasteiger partial charge in [-0.3, -0.25) is 4.98 Å². The fourth-order valence-corrected chi connectivity index (χ4v) is 2.71. The maximum absolute atomic E-state index is 6.10. The van der Waals surface area contributed by atoms with E-state index in [1.54, 1.807) is 24.4 Å². The molecule has 1 aliphatic heterocycles. The second-order valence-electron chi connectivity index (χ2n) is 5.48. The van der Waals surface area contributed by atoms with Gasteiger partial charge in [0.05, 0.1) is 22.6 Å². The summed E-state index contributed by atoms with van der Waals surface area (Å²) in [5.74, 6) is 1.22. The first-order valence-corrected chi connectivity index (χ1v) is 7.09. The minimum atomic E-state index is 0. The molecule has 0 atom stereocenters. The van der Waals surface area contributed by atoms with E-state index in [9.17, 15) is 0 Å². The van der Waals surface area contributed by atoms with Crippen LogP contribution in [0, 0.1) is 0 Å². The molecule has 1 aliphatic rings. The van der Waals surface area contributed by atoms with E-state index in [1.165, 1.54) is 0 Å². The summed E-state index contributed by atoms with van der Waals surface area (Å²) in [6.45, 7) is 5.20. The molecule has 1 aromatic heterocycles. The minimum absolute atomic E-state index is 0. The molecular formula is C15H15Cl3N2O. The number of anilines is 1. The molecule has 0 bridgehead atoms. The predicted molar refractivity (Wildman–Crippen MR) is 89.5 cm³/mol. The Morgan fingerprint density at radius 2 is 2.00 bits per heavy atom. The molecule has 2 heterocycles. The van der Waals surface area contributed by atoms with Crippen LogP contribution in [0.4, 0.5) is 5.69 Å². The molecule has 21 heavy (non-hydrogen) atoms. The van der Waals surface area contributed by atoms with Crippen LogP contribution >= 0.6 is 35.6 Å². The number of hydrogen-bond donors (Lipinski definition) is 1. The first-order valence-electron chi connectivity index (χ1n) is 6.33. The Morgan fingerprint density at radius 3 is 2.71 bits per heavy atom. The van der Waals surface area contributed by atoms with Crippen LogP contribution in [0.1, 0.15) is 19.5 Å². The van der Waals surface area contributed by atoms with E-state index in [0.29, 0.717) is 21.5 Å². The van der Waals surface area contributed by atoms with Crippen molar-refractivity contribution in [2.75, 3.05) is 11.9 Å². The monoisotopic (exact) mass is 344 g/mol. The number of hydrogen-bond acceptors (Lipinski definition) is 3. The van der Waals surface area contributed by atoms with Crippen molar-refractivity contribution in [3.63, 3.8) is 0 Å². The van der Waals surface area contributed by atoms with Gasteiger partial charge in [-0.05, 0) is 18.2 Å². The van der Waals surface area contributed by atoms with Crippen LogP contribution in [0.15, 0.2) is 30.5 Å².